The van der Waals surface area contributed by atoms with E-state index in [1.807, 2.05) is 37.0 Å². The van der Waals surface area contributed by atoms with Crippen LogP contribution in [0, 0.1) is 0 Å². The quantitative estimate of drug-likeness (QED) is 0.428. The van der Waals surface area contributed by atoms with Gasteiger partial charge in [-0.3, -0.25) is 4.79 Å². The molecule has 6 heteroatoms. The van der Waals surface area contributed by atoms with E-state index in [9.17, 15) is 9.59 Å². The number of hydrogen-bond acceptors (Lipinski definition) is 5. The molecule has 0 N–H and O–H groups in total. The lowest BCUT2D eigenvalue weighted by atomic mass is 9.77. The van der Waals surface area contributed by atoms with Crippen LogP contribution in [0.3, 0.4) is 0 Å². The molecule has 0 aliphatic heterocycles. The molecule has 0 saturated carbocycles. The predicted molar refractivity (Wildman–Crippen MR) is 103 cm³/mol. The second kappa shape index (κ2) is 8.33. The maximum Gasteiger partial charge on any atom is 0.341 e. The van der Waals surface area contributed by atoms with Gasteiger partial charge in [-0.15, -0.1) is 0 Å². The van der Waals surface area contributed by atoms with Gasteiger partial charge in [0.2, 0.25) is 0 Å². The van der Waals surface area contributed by atoms with Crippen LogP contribution in [0.5, 0.6) is 11.5 Å². The van der Waals surface area contributed by atoms with E-state index >= 15 is 0 Å². The molecule has 1 atom stereocenters. The van der Waals surface area contributed by atoms with Crippen LogP contribution in [0.15, 0.2) is 42.5 Å². The molecule has 26 heavy (non-hydrogen) atoms. The Balaban J connectivity index is 2.44. The van der Waals surface area contributed by atoms with E-state index in [1.165, 1.54) is 14.0 Å². The van der Waals surface area contributed by atoms with Gasteiger partial charge in [0, 0.05) is 12.3 Å². The molecule has 2 aromatic carbocycles. The lowest BCUT2D eigenvalue weighted by Gasteiger charge is -2.27. The highest BCUT2D eigenvalue weighted by Gasteiger charge is 2.26. The first-order valence-corrected chi connectivity index (χ1v) is 9.55. The molecule has 138 valence electrons. The molecule has 0 aromatic heterocycles. The first-order chi connectivity index (χ1) is 12.3. The van der Waals surface area contributed by atoms with Crippen molar-refractivity contribution in [3.63, 3.8) is 0 Å². The van der Waals surface area contributed by atoms with Crippen molar-refractivity contribution in [1.29, 1.82) is 0 Å². The largest absolute Gasteiger partial charge is 0.477 e. The summed E-state index contributed by atoms with van der Waals surface area (Å²) in [4.78, 5) is 23.4. The van der Waals surface area contributed by atoms with E-state index in [4.69, 9.17) is 14.0 Å². The number of methoxy groups -OCH3 is 1. The molecule has 2 aromatic rings. The van der Waals surface area contributed by atoms with Gasteiger partial charge in [-0.25, -0.2) is 4.79 Å². The van der Waals surface area contributed by atoms with Gasteiger partial charge in [0.05, 0.1) is 15.9 Å². The summed E-state index contributed by atoms with van der Waals surface area (Å²) in [6, 6.07) is 13.1. The van der Waals surface area contributed by atoms with Gasteiger partial charge in [-0.2, -0.15) is 0 Å². The molecular formula is C20H23O5P. The molecule has 0 aliphatic carbocycles. The van der Waals surface area contributed by atoms with Gasteiger partial charge < -0.3 is 14.0 Å². The van der Waals surface area contributed by atoms with Gasteiger partial charge in [0.1, 0.15) is 17.1 Å². The zero-order valence-corrected chi connectivity index (χ0v) is 16.6. The fourth-order valence-corrected chi connectivity index (χ4v) is 3.03. The summed E-state index contributed by atoms with van der Waals surface area (Å²) in [5.41, 5.74) is 1.82. The fourth-order valence-electron chi connectivity index (χ4n) is 2.66. The molecular weight excluding hydrogens is 351 g/mol. The van der Waals surface area contributed by atoms with Gasteiger partial charge in [-0.05, 0) is 42.1 Å². The maximum absolute atomic E-state index is 12.1. The molecule has 0 spiro atoms. The van der Waals surface area contributed by atoms with Crippen molar-refractivity contribution in [1.82, 2.24) is 0 Å². The van der Waals surface area contributed by atoms with Crippen molar-refractivity contribution in [2.24, 2.45) is 0 Å². The lowest BCUT2D eigenvalue weighted by molar-refractivity contribution is -0.131. The Hall–Kier alpha value is -2.39. The molecule has 0 saturated heterocycles. The minimum Gasteiger partial charge on any atom is -0.477 e. The Kier molecular flexibility index (Phi) is 6.38. The van der Waals surface area contributed by atoms with Gasteiger partial charge in [0.15, 0.2) is 0 Å². The average Bonchev–Trinajstić information content (AvgIpc) is 2.61. The highest BCUT2D eigenvalue weighted by Crippen LogP contribution is 2.35. The van der Waals surface area contributed by atoms with Crippen molar-refractivity contribution >= 4 is 20.7 Å². The molecule has 0 fully saturated rings. The Morgan fingerprint density at radius 2 is 1.62 bits per heavy atom. The minimum absolute atomic E-state index is 0.191. The molecule has 0 bridgehead atoms. The molecule has 2 rings (SSSR count). The number of carbonyl (C=O) groups is 2. The third kappa shape index (κ3) is 4.41. The summed E-state index contributed by atoms with van der Waals surface area (Å²) in [7, 11) is 1.69. The molecule has 0 amide bonds. The molecule has 0 aliphatic rings. The standard InChI is InChI=1S/C20H23O5P/c1-13(21)24-18-11-8-15(12-17(18)19(22)23-4)20(2,3)14-6-9-16(10-7-14)25-26-5/h6-12,26H,1-5H3. The third-order valence-corrected chi connectivity index (χ3v) is 4.60. The number of benzene rings is 2. The van der Waals surface area contributed by atoms with Crippen molar-refractivity contribution in [3.05, 3.63) is 59.2 Å². The first-order valence-electron chi connectivity index (χ1n) is 8.15. The Labute approximate surface area is 155 Å². The summed E-state index contributed by atoms with van der Waals surface area (Å²) in [6.45, 7) is 7.38. The van der Waals surface area contributed by atoms with Crippen LogP contribution >= 0.6 is 8.81 Å². The number of esters is 2. The van der Waals surface area contributed by atoms with Crippen molar-refractivity contribution in [3.8, 4) is 11.5 Å². The van der Waals surface area contributed by atoms with E-state index in [1.54, 1.807) is 12.1 Å². The number of hydrogen-bond donors (Lipinski definition) is 0. The topological polar surface area (TPSA) is 61.8 Å². The first kappa shape index (κ1) is 19.9. The minimum atomic E-state index is -0.549. The summed E-state index contributed by atoms with van der Waals surface area (Å²) in [5, 5.41) is 0. The van der Waals surface area contributed by atoms with Gasteiger partial charge in [0.25, 0.3) is 0 Å². The normalized spacial score (nSPS) is 11.4. The van der Waals surface area contributed by atoms with E-state index < -0.39 is 11.9 Å². The van der Waals surface area contributed by atoms with Crippen LogP contribution in [0.4, 0.5) is 0 Å². The molecule has 0 radical (unpaired) electrons. The zero-order valence-electron chi connectivity index (χ0n) is 15.6. The highest BCUT2D eigenvalue weighted by atomic mass is 31.1. The maximum atomic E-state index is 12.1. The summed E-state index contributed by atoms with van der Waals surface area (Å²) >= 11 is 0. The Morgan fingerprint density at radius 1 is 1.00 bits per heavy atom. The SMILES string of the molecule is COC(=O)c1cc(C(C)(C)c2ccc(OPC)cc2)ccc1OC(C)=O. The van der Waals surface area contributed by atoms with Crippen molar-refractivity contribution < 1.29 is 23.6 Å². The molecule has 5 nitrogen and oxygen atoms in total. The van der Waals surface area contributed by atoms with Crippen LogP contribution < -0.4 is 9.26 Å². The van der Waals surface area contributed by atoms with Crippen LogP contribution in [0.25, 0.3) is 0 Å². The van der Waals surface area contributed by atoms with E-state index in [0.29, 0.717) is 8.81 Å². The van der Waals surface area contributed by atoms with Crippen LogP contribution in [-0.4, -0.2) is 25.7 Å². The van der Waals surface area contributed by atoms with Gasteiger partial charge >= 0.3 is 11.9 Å². The fraction of sp³-hybridized carbons (Fsp3) is 0.300. The summed E-state index contributed by atoms with van der Waals surface area (Å²) in [5.74, 6) is -0.0246. The number of ether oxygens (including phenoxy) is 2. The smallest absolute Gasteiger partial charge is 0.341 e. The Morgan fingerprint density at radius 3 is 2.15 bits per heavy atom. The lowest BCUT2D eigenvalue weighted by Crippen LogP contribution is -2.20. The van der Waals surface area contributed by atoms with E-state index in [2.05, 4.69) is 13.8 Å². The van der Waals surface area contributed by atoms with E-state index in [-0.39, 0.29) is 16.7 Å². The van der Waals surface area contributed by atoms with E-state index in [0.717, 1.165) is 16.9 Å². The predicted octanol–water partition coefficient (Wildman–Crippen LogP) is 4.33. The highest BCUT2D eigenvalue weighted by molar-refractivity contribution is 7.31. The monoisotopic (exact) mass is 374 g/mol. The summed E-state index contributed by atoms with van der Waals surface area (Å²) < 4.78 is 15.5. The van der Waals surface area contributed by atoms with Crippen LogP contribution in [-0.2, 0) is 14.9 Å². The second-order valence-electron chi connectivity index (χ2n) is 6.25. The van der Waals surface area contributed by atoms with Crippen LogP contribution in [0.1, 0.15) is 42.3 Å². The summed E-state index contributed by atoms with van der Waals surface area (Å²) in [6.07, 6.45) is 0. The molecule has 1 unspecified atom stereocenters. The Bertz CT molecular complexity index is 796. The van der Waals surface area contributed by atoms with Crippen molar-refractivity contribution in [2.75, 3.05) is 13.8 Å². The third-order valence-electron chi connectivity index (χ3n) is 4.16. The zero-order chi connectivity index (χ0) is 19.3. The number of carbonyl (C=O) groups excluding carboxylic acids is 2. The van der Waals surface area contributed by atoms with Crippen LogP contribution in [0.2, 0.25) is 0 Å². The molecule has 0 heterocycles. The average molecular weight is 374 g/mol. The second-order valence-corrected chi connectivity index (χ2v) is 6.86. The van der Waals surface area contributed by atoms with Crippen molar-refractivity contribution in [2.45, 2.75) is 26.2 Å². The number of rotatable bonds is 6. The van der Waals surface area contributed by atoms with Gasteiger partial charge in [-0.1, -0.05) is 32.0 Å².